The average molecular weight is 485 g/mol. The van der Waals surface area contributed by atoms with Gasteiger partial charge in [-0.3, -0.25) is 19.3 Å². The SMILES string of the molecule is CCN(C(=O)COC(=O)c1cccc(CN2C(=O)c3ccccc3C2=O)c1)C1CCS(=O)(=O)C1. The molecule has 4 rings (SSSR count). The third kappa shape index (κ3) is 4.72. The Morgan fingerprint density at radius 2 is 1.74 bits per heavy atom. The van der Waals surface area contributed by atoms with Crippen LogP contribution in [0, 0.1) is 0 Å². The molecule has 1 atom stereocenters. The fourth-order valence-electron chi connectivity index (χ4n) is 4.31. The Morgan fingerprint density at radius 1 is 1.06 bits per heavy atom. The lowest BCUT2D eigenvalue weighted by atomic mass is 10.1. The van der Waals surface area contributed by atoms with Crippen molar-refractivity contribution in [2.45, 2.75) is 25.9 Å². The minimum Gasteiger partial charge on any atom is -0.452 e. The monoisotopic (exact) mass is 484 g/mol. The topological polar surface area (TPSA) is 118 Å². The van der Waals surface area contributed by atoms with E-state index >= 15 is 0 Å². The predicted molar refractivity (Wildman–Crippen MR) is 122 cm³/mol. The van der Waals surface area contributed by atoms with Crippen molar-refractivity contribution in [3.63, 3.8) is 0 Å². The van der Waals surface area contributed by atoms with Crippen molar-refractivity contribution in [2.24, 2.45) is 0 Å². The van der Waals surface area contributed by atoms with E-state index in [-0.39, 0.29) is 23.6 Å². The number of imide groups is 1. The van der Waals surface area contributed by atoms with Crippen LogP contribution in [-0.2, 0) is 25.9 Å². The van der Waals surface area contributed by atoms with Gasteiger partial charge in [-0.2, -0.15) is 0 Å². The molecule has 2 heterocycles. The second-order valence-corrected chi connectivity index (χ2v) is 10.5. The zero-order chi connectivity index (χ0) is 24.5. The minimum atomic E-state index is -3.15. The van der Waals surface area contributed by atoms with Crippen molar-refractivity contribution in [3.8, 4) is 0 Å². The highest BCUT2D eigenvalue weighted by Crippen LogP contribution is 2.24. The Kier molecular flexibility index (Phi) is 6.52. The Hall–Kier alpha value is -3.53. The van der Waals surface area contributed by atoms with Crippen LogP contribution in [0.2, 0.25) is 0 Å². The maximum absolute atomic E-state index is 12.6. The molecule has 0 radical (unpaired) electrons. The number of amides is 3. The van der Waals surface area contributed by atoms with Gasteiger partial charge in [0.15, 0.2) is 16.4 Å². The molecule has 2 aromatic rings. The molecule has 2 aliphatic rings. The highest BCUT2D eigenvalue weighted by Gasteiger charge is 2.35. The molecule has 34 heavy (non-hydrogen) atoms. The Labute approximate surface area is 197 Å². The first kappa shape index (κ1) is 23.6. The van der Waals surface area contributed by atoms with Gasteiger partial charge < -0.3 is 9.64 Å². The summed E-state index contributed by atoms with van der Waals surface area (Å²) in [5.74, 6) is -2.02. The minimum absolute atomic E-state index is 0.00777. The van der Waals surface area contributed by atoms with Crippen molar-refractivity contribution < 1.29 is 32.3 Å². The van der Waals surface area contributed by atoms with Crippen molar-refractivity contribution in [3.05, 3.63) is 70.8 Å². The van der Waals surface area contributed by atoms with E-state index in [9.17, 15) is 27.6 Å². The van der Waals surface area contributed by atoms with E-state index in [0.29, 0.717) is 29.7 Å². The summed E-state index contributed by atoms with van der Waals surface area (Å²) < 4.78 is 28.6. The molecule has 0 aromatic heterocycles. The molecular weight excluding hydrogens is 460 g/mol. The summed E-state index contributed by atoms with van der Waals surface area (Å²) in [5, 5.41) is 0. The maximum atomic E-state index is 12.6. The van der Waals surface area contributed by atoms with Gasteiger partial charge in [-0.15, -0.1) is 0 Å². The number of hydrogen-bond donors (Lipinski definition) is 0. The standard InChI is InChI=1S/C24H24N2O7S/c1-2-25(18-10-11-34(31,32)15-18)21(27)14-33-24(30)17-7-5-6-16(12-17)13-26-22(28)19-8-3-4-9-20(19)23(26)29/h3-9,12,18H,2,10-11,13-15H2,1H3. The zero-order valence-corrected chi connectivity index (χ0v) is 19.4. The van der Waals surface area contributed by atoms with Gasteiger partial charge in [-0.05, 0) is 43.2 Å². The number of benzene rings is 2. The Bertz CT molecular complexity index is 1240. The lowest BCUT2D eigenvalue weighted by molar-refractivity contribution is -0.136. The molecule has 0 aliphatic carbocycles. The van der Waals surface area contributed by atoms with E-state index in [1.165, 1.54) is 17.0 Å². The summed E-state index contributed by atoms with van der Waals surface area (Å²) in [7, 11) is -3.15. The molecule has 1 unspecified atom stereocenters. The number of fused-ring (bicyclic) bond motifs is 1. The molecule has 2 aliphatic heterocycles. The fourth-order valence-corrected chi connectivity index (χ4v) is 6.05. The first-order valence-corrected chi connectivity index (χ1v) is 12.7. The number of nitrogens with zero attached hydrogens (tertiary/aromatic N) is 2. The Morgan fingerprint density at radius 3 is 2.32 bits per heavy atom. The van der Waals surface area contributed by atoms with Crippen molar-refractivity contribution in [1.29, 1.82) is 0 Å². The molecule has 0 N–H and O–H groups in total. The first-order valence-electron chi connectivity index (χ1n) is 10.9. The van der Waals surface area contributed by atoms with Crippen LogP contribution in [0.5, 0.6) is 0 Å². The van der Waals surface area contributed by atoms with Crippen LogP contribution in [0.15, 0.2) is 48.5 Å². The zero-order valence-electron chi connectivity index (χ0n) is 18.6. The molecule has 0 spiro atoms. The van der Waals surface area contributed by atoms with Crippen LogP contribution >= 0.6 is 0 Å². The molecule has 10 heteroatoms. The van der Waals surface area contributed by atoms with Crippen LogP contribution in [0.25, 0.3) is 0 Å². The van der Waals surface area contributed by atoms with Gasteiger partial charge in [0.1, 0.15) is 0 Å². The summed E-state index contributed by atoms with van der Waals surface area (Å²) in [4.78, 5) is 52.8. The Balaban J connectivity index is 1.38. The summed E-state index contributed by atoms with van der Waals surface area (Å²) >= 11 is 0. The van der Waals surface area contributed by atoms with Crippen LogP contribution in [0.3, 0.4) is 0 Å². The largest absolute Gasteiger partial charge is 0.452 e. The van der Waals surface area contributed by atoms with Crippen LogP contribution in [-0.4, -0.2) is 72.6 Å². The third-order valence-corrected chi connectivity index (χ3v) is 7.77. The van der Waals surface area contributed by atoms with Crippen LogP contribution < -0.4 is 0 Å². The van der Waals surface area contributed by atoms with Gasteiger partial charge in [-0.25, -0.2) is 13.2 Å². The molecule has 178 valence electrons. The van der Waals surface area contributed by atoms with Crippen LogP contribution in [0.1, 0.15) is 50.0 Å². The number of carbonyl (C=O) groups is 4. The summed E-state index contributed by atoms with van der Waals surface area (Å²) in [6.45, 7) is 1.54. The predicted octanol–water partition coefficient (Wildman–Crippen LogP) is 1.68. The number of rotatable bonds is 7. The normalized spacial score (nSPS) is 18.6. The van der Waals surface area contributed by atoms with Gasteiger partial charge >= 0.3 is 5.97 Å². The van der Waals surface area contributed by atoms with E-state index in [1.54, 1.807) is 43.3 Å². The number of likely N-dealkylation sites (N-methyl/N-ethyl adjacent to an activating group) is 1. The molecule has 0 saturated carbocycles. The highest BCUT2D eigenvalue weighted by atomic mass is 32.2. The lowest BCUT2D eigenvalue weighted by Crippen LogP contribution is -2.43. The quantitative estimate of drug-likeness (QED) is 0.433. The summed E-state index contributed by atoms with van der Waals surface area (Å²) in [5.41, 5.74) is 1.42. The van der Waals surface area contributed by atoms with Gasteiger partial charge in [0.05, 0.1) is 34.7 Å². The number of hydrogen-bond acceptors (Lipinski definition) is 7. The van der Waals surface area contributed by atoms with E-state index in [2.05, 4.69) is 0 Å². The molecule has 3 amide bonds. The molecule has 1 saturated heterocycles. The molecular formula is C24H24N2O7S. The highest BCUT2D eigenvalue weighted by molar-refractivity contribution is 7.91. The second kappa shape index (κ2) is 9.38. The van der Waals surface area contributed by atoms with E-state index in [1.807, 2.05) is 0 Å². The fraction of sp³-hybridized carbons (Fsp3) is 0.333. The van der Waals surface area contributed by atoms with Crippen molar-refractivity contribution in [1.82, 2.24) is 9.80 Å². The van der Waals surface area contributed by atoms with E-state index < -0.39 is 46.2 Å². The van der Waals surface area contributed by atoms with Gasteiger partial charge in [0, 0.05) is 12.6 Å². The van der Waals surface area contributed by atoms with Gasteiger partial charge in [0.25, 0.3) is 17.7 Å². The van der Waals surface area contributed by atoms with Crippen molar-refractivity contribution in [2.75, 3.05) is 24.7 Å². The van der Waals surface area contributed by atoms with Crippen LogP contribution in [0.4, 0.5) is 0 Å². The first-order chi connectivity index (χ1) is 16.2. The van der Waals surface area contributed by atoms with Gasteiger partial charge in [0.2, 0.25) is 0 Å². The second-order valence-electron chi connectivity index (χ2n) is 8.26. The third-order valence-electron chi connectivity index (χ3n) is 6.02. The smallest absolute Gasteiger partial charge is 0.338 e. The number of ether oxygens (including phenoxy) is 1. The van der Waals surface area contributed by atoms with Crippen molar-refractivity contribution >= 4 is 33.5 Å². The number of esters is 1. The average Bonchev–Trinajstić information content (AvgIpc) is 3.30. The molecule has 1 fully saturated rings. The number of sulfone groups is 1. The molecule has 2 aromatic carbocycles. The lowest BCUT2D eigenvalue weighted by Gasteiger charge is -2.26. The van der Waals surface area contributed by atoms with Gasteiger partial charge in [-0.1, -0.05) is 24.3 Å². The summed E-state index contributed by atoms with van der Waals surface area (Å²) in [6, 6.07) is 12.5. The maximum Gasteiger partial charge on any atom is 0.338 e. The summed E-state index contributed by atoms with van der Waals surface area (Å²) in [6.07, 6.45) is 0.371. The van der Waals surface area contributed by atoms with E-state index in [4.69, 9.17) is 4.74 Å². The molecule has 9 nitrogen and oxygen atoms in total. The van der Waals surface area contributed by atoms with E-state index in [0.717, 1.165) is 4.90 Å². The number of carbonyl (C=O) groups excluding carboxylic acids is 4. The molecule has 0 bridgehead atoms.